The number of allylic oxidation sites excluding steroid dienone is 4. The van der Waals surface area contributed by atoms with Crippen LogP contribution in [0.1, 0.15) is 28.4 Å². The third-order valence-corrected chi connectivity index (χ3v) is 10.7. The fourth-order valence-electron chi connectivity index (χ4n) is 6.02. The minimum Gasteiger partial charge on any atom is -0.744 e. The van der Waals surface area contributed by atoms with Crippen LogP contribution in [0.4, 0.5) is 22.7 Å². The van der Waals surface area contributed by atoms with E-state index in [0.717, 1.165) is 49.4 Å². The van der Waals surface area contributed by atoms with Gasteiger partial charge in [-0.25, -0.2) is 16.8 Å². The fourth-order valence-corrected chi connectivity index (χ4v) is 7.21. The van der Waals surface area contributed by atoms with Crippen molar-refractivity contribution in [1.82, 2.24) is 0 Å². The second-order valence-corrected chi connectivity index (χ2v) is 15.8. The normalized spacial score (nSPS) is 14.8. The first-order chi connectivity index (χ1) is 29.7. The Morgan fingerprint density at radius 1 is 0.731 bits per heavy atom. The largest absolute Gasteiger partial charge is 1.00 e. The van der Waals surface area contributed by atoms with Gasteiger partial charge in [-0.2, -0.15) is 20.4 Å². The average Bonchev–Trinajstić information content (AvgIpc) is 3.21. The van der Waals surface area contributed by atoms with Crippen LogP contribution in [-0.4, -0.2) is 85.7 Å². The molecule has 1 unspecified atom stereocenters. The van der Waals surface area contributed by atoms with Gasteiger partial charge >= 0.3 is 118 Å². The topological polar surface area (TPSA) is 358 Å². The molecule has 22 nitrogen and oxygen atoms in total. The molecule has 4 aromatic carbocycles. The molecule has 0 saturated carbocycles. The van der Waals surface area contributed by atoms with Crippen LogP contribution in [0, 0.1) is 0 Å². The first kappa shape index (κ1) is 59.1. The molecule has 2 aliphatic rings. The van der Waals surface area contributed by atoms with Gasteiger partial charge in [0.1, 0.15) is 37.4 Å². The number of ketones is 3. The van der Waals surface area contributed by atoms with Gasteiger partial charge in [-0.05, 0) is 61.5 Å². The minimum atomic E-state index is -5.38. The molecule has 0 radical (unpaired) electrons. The summed E-state index contributed by atoms with van der Waals surface area (Å²) in [6, 6.07) is 11.0. The number of rotatable bonds is 14. The van der Waals surface area contributed by atoms with E-state index in [-0.39, 0.29) is 174 Å². The van der Waals surface area contributed by atoms with Crippen molar-refractivity contribution in [3.8, 4) is 5.75 Å². The summed E-state index contributed by atoms with van der Waals surface area (Å²) in [6.45, 7) is 1.00. The monoisotopic (exact) mass is 987 g/mol. The summed E-state index contributed by atoms with van der Waals surface area (Å²) in [4.78, 5) is 72.1. The van der Waals surface area contributed by atoms with Crippen molar-refractivity contribution < 1.29 is 188 Å². The van der Waals surface area contributed by atoms with Crippen LogP contribution in [0.2, 0.25) is 0 Å². The number of hydrogen-bond donors (Lipinski definition) is 3. The smallest absolute Gasteiger partial charge is 0.744 e. The van der Waals surface area contributed by atoms with E-state index in [4.69, 9.17) is 4.74 Å². The number of benzene rings is 4. The van der Waals surface area contributed by atoms with Crippen molar-refractivity contribution in [3.05, 3.63) is 113 Å². The number of amides is 1. The van der Waals surface area contributed by atoms with Crippen LogP contribution in [-0.2, 0) is 44.2 Å². The zero-order chi connectivity index (χ0) is 46.0. The Morgan fingerprint density at radius 3 is 2.03 bits per heavy atom. The van der Waals surface area contributed by atoms with Crippen LogP contribution in [0.3, 0.4) is 0 Å². The molecule has 322 valence electrons. The summed E-state index contributed by atoms with van der Waals surface area (Å²) in [6.07, 6.45) is 3.50. The number of hydrazone groups is 2. The van der Waals surface area contributed by atoms with Gasteiger partial charge in [-0.15, -0.1) is 0 Å². The van der Waals surface area contributed by atoms with E-state index in [0.29, 0.717) is 6.08 Å². The van der Waals surface area contributed by atoms with Gasteiger partial charge < -0.3 is 39.0 Å². The predicted molar refractivity (Wildman–Crippen MR) is 214 cm³/mol. The Morgan fingerprint density at radius 2 is 1.42 bits per heavy atom. The number of nitrogens with one attached hydrogen (secondary N) is 3. The van der Waals surface area contributed by atoms with Crippen LogP contribution in [0.15, 0.2) is 122 Å². The number of Topliss-reactive ketones (excluding diaryl/α,β-unsaturated/α-hetero) is 1. The molecule has 28 heteroatoms. The van der Waals surface area contributed by atoms with Crippen molar-refractivity contribution >= 4 is 105 Å². The number of nitrogens with zero attached hydrogens (tertiary/aromatic N) is 4. The molecular weight excluding hydrogens is 963 g/mol. The molecule has 0 spiro atoms. The van der Waals surface area contributed by atoms with Gasteiger partial charge in [0, 0.05) is 50.9 Å². The Kier molecular flexibility index (Phi) is 21.6. The number of aromatic carboxylic acids is 1. The van der Waals surface area contributed by atoms with Gasteiger partial charge in [0.15, 0.2) is 11.6 Å². The second kappa shape index (κ2) is 24.5. The molecule has 0 bridgehead atoms. The first-order valence-corrected chi connectivity index (χ1v) is 20.3. The summed E-state index contributed by atoms with van der Waals surface area (Å²) in [5.74, 6) is -7.30. The van der Waals surface area contributed by atoms with Crippen molar-refractivity contribution in [2.75, 3.05) is 23.3 Å². The number of carboxylic acid groups (broad SMARTS) is 2. The number of aliphatic carboxylic acids is 1. The molecule has 0 heterocycles. The molecule has 3 N–H and O–H groups in total. The van der Waals surface area contributed by atoms with Crippen molar-refractivity contribution in [2.24, 2.45) is 20.4 Å². The fraction of sp³-hybridized carbons (Fsp3) is 0.0769. The molecule has 0 saturated heterocycles. The van der Waals surface area contributed by atoms with Gasteiger partial charge in [0.25, 0.3) is 5.91 Å². The maximum atomic E-state index is 13.4. The van der Waals surface area contributed by atoms with Gasteiger partial charge in [-0.1, -0.05) is 24.3 Å². The molecular formula is C39H25N7Na4O15S2. The van der Waals surface area contributed by atoms with Gasteiger partial charge in [0.2, 0.25) is 11.8 Å². The maximum absolute atomic E-state index is 13.4. The molecule has 0 aliphatic heterocycles. The number of carbonyl (C=O) groups excluding carboxylic acids is 6. The van der Waals surface area contributed by atoms with Crippen LogP contribution < -0.4 is 149 Å². The molecule has 67 heavy (non-hydrogen) atoms. The molecule has 2 aliphatic carbocycles. The third-order valence-electron chi connectivity index (χ3n) is 8.96. The van der Waals surface area contributed by atoms with Crippen LogP contribution in [0.5, 0.6) is 5.75 Å². The molecule has 6 rings (SSSR count). The molecule has 1 amide bonds. The Balaban J connectivity index is 0.00000385. The number of anilines is 3. The number of hydrogen-bond acceptors (Lipinski definition) is 21. The van der Waals surface area contributed by atoms with E-state index >= 15 is 0 Å². The molecule has 1 atom stereocenters. The molecule has 4 aromatic rings. The van der Waals surface area contributed by atoms with E-state index in [1.165, 1.54) is 49.6 Å². The summed E-state index contributed by atoms with van der Waals surface area (Å²) in [7, 11) is -9.21. The summed E-state index contributed by atoms with van der Waals surface area (Å²) in [5.41, 5.74) is 2.41. The number of methoxy groups -OCH3 is 1. The SMILES string of the molecule is COc1cc(N/N=C2/C=CC(=O)C(C(=O)[O-])=C2)c2cc(S(=O)(=O)[O-])ccc2c1N/N=C1\C(=O)C=C(S(=O)(=O)[O-])c2cc(NC(=O)C(N=Nc3ccccc3C(=O)[O-])C(C)=O)ccc21.[Na+].[Na+].[Na+].[Na+]. The second-order valence-electron chi connectivity index (χ2n) is 13.0. The summed E-state index contributed by atoms with van der Waals surface area (Å²) < 4.78 is 78.8. The van der Waals surface area contributed by atoms with Crippen LogP contribution >= 0.6 is 0 Å². The number of fused-ring (bicyclic) bond motifs is 2. The number of ether oxygens (including phenoxy) is 1. The predicted octanol–water partition coefficient (Wildman–Crippen LogP) is -11.3. The van der Waals surface area contributed by atoms with Crippen molar-refractivity contribution in [1.29, 1.82) is 0 Å². The molecule has 0 fully saturated rings. The van der Waals surface area contributed by atoms with E-state index in [9.17, 15) is 64.9 Å². The first-order valence-electron chi connectivity index (χ1n) is 17.5. The minimum absolute atomic E-state index is 0. The zero-order valence-corrected chi connectivity index (χ0v) is 45.6. The average molecular weight is 988 g/mol. The zero-order valence-electron chi connectivity index (χ0n) is 36.0. The maximum Gasteiger partial charge on any atom is 1.00 e. The van der Waals surface area contributed by atoms with E-state index < -0.39 is 88.1 Å². The number of azo groups is 1. The van der Waals surface area contributed by atoms with Crippen molar-refractivity contribution in [2.45, 2.75) is 17.9 Å². The van der Waals surface area contributed by atoms with Crippen molar-refractivity contribution in [3.63, 3.8) is 0 Å². The number of carbonyl (C=O) groups is 6. The summed E-state index contributed by atoms with van der Waals surface area (Å²) in [5, 5.41) is 40.9. The Hall–Kier alpha value is -4.06. The quantitative estimate of drug-likeness (QED) is 0.0201. The van der Waals surface area contributed by atoms with E-state index in [2.05, 4.69) is 36.6 Å². The Labute approximate surface area is 468 Å². The standard InChI is InChI=1S/C39H29N7O15S2.4Na/c1-18(47)34(44-42-28-6-4-3-5-24(28)38(51)52)37(50)40-19-7-10-23-26(13-19)33(63(58,59)60)17-31(49)35(23)45-46-36-22-11-9-21(62(55,56)57)15-25(22)29(16-32(36)61-2)43-41-20-8-12-30(48)27(14-20)39(53)54;;;;/h3-17,34,43,46H,1-2H3,(H,40,50)(H,51,52)(H,53,54)(H,55,56,57)(H,58,59,60);;;;/q;4*+1/p-4/b41-20-,44-42?,45-35-;;;;. The van der Waals surface area contributed by atoms with Crippen LogP contribution in [0.25, 0.3) is 15.7 Å². The number of carboxylic acids is 2. The van der Waals surface area contributed by atoms with Gasteiger partial charge in [-0.3, -0.25) is 30.0 Å². The van der Waals surface area contributed by atoms with E-state index in [1.807, 2.05) is 0 Å². The van der Waals surface area contributed by atoms with E-state index in [1.54, 1.807) is 0 Å². The Bertz CT molecular complexity index is 3160. The van der Waals surface area contributed by atoms with Gasteiger partial charge in [0.05, 0.1) is 45.9 Å². The third kappa shape index (κ3) is 13.8. The molecule has 0 aromatic heterocycles. The summed E-state index contributed by atoms with van der Waals surface area (Å²) >= 11 is 0.